The van der Waals surface area contributed by atoms with Crippen molar-refractivity contribution >= 4 is 17.5 Å². The van der Waals surface area contributed by atoms with Crippen molar-refractivity contribution in [1.82, 2.24) is 4.90 Å². The number of anilines is 1. The van der Waals surface area contributed by atoms with Crippen LogP contribution in [0, 0.1) is 11.7 Å². The Balaban J connectivity index is 1.71. The maximum atomic E-state index is 13.9. The molecule has 152 valence electrons. The molecule has 0 radical (unpaired) electrons. The summed E-state index contributed by atoms with van der Waals surface area (Å²) < 4.78 is 53.5. The molecule has 0 spiro atoms. The Morgan fingerprint density at radius 1 is 1.10 bits per heavy atom. The Hall–Kier alpha value is -2.90. The summed E-state index contributed by atoms with van der Waals surface area (Å²) in [4.78, 5) is 27.4. The second-order valence-corrected chi connectivity index (χ2v) is 7.34. The van der Waals surface area contributed by atoms with E-state index in [-0.39, 0.29) is 17.3 Å². The maximum Gasteiger partial charge on any atom is 0.416 e. The van der Waals surface area contributed by atoms with Gasteiger partial charge in [0.2, 0.25) is 11.8 Å². The van der Waals surface area contributed by atoms with Gasteiger partial charge in [0.05, 0.1) is 11.3 Å². The van der Waals surface area contributed by atoms with Crippen molar-refractivity contribution in [2.45, 2.75) is 31.0 Å². The molecule has 2 heterocycles. The van der Waals surface area contributed by atoms with Crippen LogP contribution in [0.3, 0.4) is 0 Å². The van der Waals surface area contributed by atoms with E-state index in [4.69, 9.17) is 0 Å². The van der Waals surface area contributed by atoms with Gasteiger partial charge in [-0.25, -0.2) is 4.39 Å². The number of carbonyl (C=O) groups excluding carboxylic acids is 2. The molecule has 0 aliphatic carbocycles. The molecule has 4 rings (SSSR count). The van der Waals surface area contributed by atoms with Gasteiger partial charge in [0, 0.05) is 18.5 Å². The van der Waals surface area contributed by atoms with E-state index in [1.807, 2.05) is 0 Å². The van der Waals surface area contributed by atoms with Crippen LogP contribution in [0.2, 0.25) is 0 Å². The molecule has 4 nitrogen and oxygen atoms in total. The van der Waals surface area contributed by atoms with E-state index in [1.165, 1.54) is 36.4 Å². The second kappa shape index (κ2) is 7.17. The van der Waals surface area contributed by atoms with E-state index in [0.29, 0.717) is 13.0 Å². The van der Waals surface area contributed by atoms with Gasteiger partial charge in [0.15, 0.2) is 0 Å². The van der Waals surface area contributed by atoms with Crippen molar-refractivity contribution in [2.75, 3.05) is 11.9 Å². The lowest BCUT2D eigenvalue weighted by atomic mass is 9.81. The first-order valence-electron chi connectivity index (χ1n) is 9.30. The lowest BCUT2D eigenvalue weighted by Crippen LogP contribution is -2.34. The molecular weight excluding hydrogens is 388 g/mol. The summed E-state index contributed by atoms with van der Waals surface area (Å²) in [5.74, 6) is -3.72. The molecule has 2 aliphatic rings. The Morgan fingerprint density at radius 3 is 2.59 bits per heavy atom. The number of nitrogens with one attached hydrogen (secondary N) is 1. The molecule has 3 unspecified atom stereocenters. The lowest BCUT2D eigenvalue weighted by Gasteiger charge is -2.23. The summed E-state index contributed by atoms with van der Waals surface area (Å²) in [6.45, 7) is 0.461. The average Bonchev–Trinajstić information content (AvgIpc) is 3.25. The van der Waals surface area contributed by atoms with Gasteiger partial charge < -0.3 is 10.2 Å². The van der Waals surface area contributed by atoms with Crippen LogP contribution in [0.1, 0.15) is 29.9 Å². The van der Waals surface area contributed by atoms with Crippen LogP contribution >= 0.6 is 0 Å². The molecular formula is C21H18F4N2O2. The highest BCUT2D eigenvalue weighted by Crippen LogP contribution is 2.45. The van der Waals surface area contributed by atoms with Gasteiger partial charge in [-0.05, 0) is 36.6 Å². The van der Waals surface area contributed by atoms with Gasteiger partial charge in [0.1, 0.15) is 11.7 Å². The number of nitrogens with zero attached hydrogens (tertiary/aromatic N) is 1. The zero-order chi connectivity index (χ0) is 20.8. The van der Waals surface area contributed by atoms with Gasteiger partial charge >= 0.3 is 6.18 Å². The number of fused-ring (bicyclic) bond motifs is 1. The van der Waals surface area contributed by atoms with Crippen molar-refractivity contribution in [2.24, 2.45) is 5.92 Å². The first kappa shape index (κ1) is 19.4. The third-order valence-corrected chi connectivity index (χ3v) is 5.64. The third-order valence-electron chi connectivity index (χ3n) is 5.64. The monoisotopic (exact) mass is 406 g/mol. The van der Waals surface area contributed by atoms with Gasteiger partial charge in [-0.15, -0.1) is 0 Å². The molecule has 1 N–H and O–H groups in total. The predicted molar refractivity (Wildman–Crippen MR) is 97.4 cm³/mol. The number of para-hydroxylation sites is 1. The third kappa shape index (κ3) is 3.47. The second-order valence-electron chi connectivity index (χ2n) is 7.34. The fourth-order valence-electron chi connectivity index (χ4n) is 4.38. The van der Waals surface area contributed by atoms with Gasteiger partial charge in [-0.3, -0.25) is 9.59 Å². The number of alkyl halides is 3. The van der Waals surface area contributed by atoms with Crippen LogP contribution in [0.4, 0.5) is 23.2 Å². The fourth-order valence-corrected chi connectivity index (χ4v) is 4.38. The molecule has 2 amide bonds. The van der Waals surface area contributed by atoms with Crippen molar-refractivity contribution in [1.29, 1.82) is 0 Å². The van der Waals surface area contributed by atoms with Crippen LogP contribution in [0.15, 0.2) is 48.5 Å². The first-order chi connectivity index (χ1) is 13.8. The molecule has 29 heavy (non-hydrogen) atoms. The normalized spacial score (nSPS) is 23.9. The van der Waals surface area contributed by atoms with Gasteiger partial charge in [-0.1, -0.05) is 30.3 Å². The molecule has 2 fully saturated rings. The zero-order valence-electron chi connectivity index (χ0n) is 15.2. The molecule has 8 heteroatoms. The summed E-state index contributed by atoms with van der Waals surface area (Å²) in [5.41, 5.74) is -0.608. The standard InChI is InChI=1S/C21H18F4N2O2/c22-14-7-1-2-8-15(14)26-19(28)18-17(16-9-4-10-27(16)20(18)29)12-5-3-6-13(11-12)21(23,24)25/h1-3,5-8,11,16-18H,4,9-10H2,(H,26,28). The predicted octanol–water partition coefficient (Wildman–Crippen LogP) is 4.19. The molecule has 0 bridgehead atoms. The van der Waals surface area contributed by atoms with E-state index >= 15 is 0 Å². The van der Waals surface area contributed by atoms with E-state index in [0.717, 1.165) is 18.6 Å². The number of rotatable bonds is 3. The SMILES string of the molecule is O=C(Nc1ccccc1F)C1C(=O)N2CCCC2C1c1cccc(C(F)(F)F)c1. The number of amides is 2. The van der Waals surface area contributed by atoms with Crippen molar-refractivity contribution in [3.63, 3.8) is 0 Å². The number of benzene rings is 2. The zero-order valence-corrected chi connectivity index (χ0v) is 15.2. The van der Waals surface area contributed by atoms with Gasteiger partial charge in [0.25, 0.3) is 0 Å². The van der Waals surface area contributed by atoms with Crippen LogP contribution < -0.4 is 5.32 Å². The largest absolute Gasteiger partial charge is 0.416 e. The topological polar surface area (TPSA) is 49.4 Å². The highest BCUT2D eigenvalue weighted by Gasteiger charge is 2.53. The first-order valence-corrected chi connectivity index (χ1v) is 9.30. The van der Waals surface area contributed by atoms with Crippen LogP contribution in [-0.2, 0) is 15.8 Å². The Kier molecular flexibility index (Phi) is 4.80. The Bertz CT molecular complexity index is 960. The average molecular weight is 406 g/mol. The number of carbonyl (C=O) groups is 2. The minimum Gasteiger partial charge on any atom is -0.338 e. The minimum atomic E-state index is -4.53. The molecule has 2 aromatic carbocycles. The summed E-state index contributed by atoms with van der Waals surface area (Å²) in [5, 5.41) is 2.43. The summed E-state index contributed by atoms with van der Waals surface area (Å²) in [6.07, 6.45) is -3.19. The molecule has 2 aliphatic heterocycles. The number of hydrogen-bond acceptors (Lipinski definition) is 2. The molecule has 3 atom stereocenters. The van der Waals surface area contributed by atoms with E-state index < -0.39 is 41.2 Å². The number of halogens is 4. The quantitative estimate of drug-likeness (QED) is 0.614. The highest BCUT2D eigenvalue weighted by atomic mass is 19.4. The van der Waals surface area contributed by atoms with Crippen LogP contribution in [-0.4, -0.2) is 29.3 Å². The van der Waals surface area contributed by atoms with Crippen molar-refractivity contribution < 1.29 is 27.2 Å². The maximum absolute atomic E-state index is 13.9. The molecule has 0 saturated carbocycles. The van der Waals surface area contributed by atoms with E-state index in [9.17, 15) is 27.2 Å². The molecule has 0 aromatic heterocycles. The molecule has 2 aromatic rings. The van der Waals surface area contributed by atoms with Crippen LogP contribution in [0.5, 0.6) is 0 Å². The van der Waals surface area contributed by atoms with Crippen molar-refractivity contribution in [3.05, 3.63) is 65.5 Å². The lowest BCUT2D eigenvalue weighted by molar-refractivity contribution is -0.137. The van der Waals surface area contributed by atoms with Gasteiger partial charge in [-0.2, -0.15) is 13.2 Å². The highest BCUT2D eigenvalue weighted by molar-refractivity contribution is 6.09. The smallest absolute Gasteiger partial charge is 0.338 e. The summed E-state index contributed by atoms with van der Waals surface area (Å²) in [7, 11) is 0. The van der Waals surface area contributed by atoms with Crippen molar-refractivity contribution in [3.8, 4) is 0 Å². The van der Waals surface area contributed by atoms with E-state index in [2.05, 4.69) is 5.32 Å². The Morgan fingerprint density at radius 2 is 1.86 bits per heavy atom. The Labute approximate surface area is 164 Å². The van der Waals surface area contributed by atoms with E-state index in [1.54, 1.807) is 4.90 Å². The number of hydrogen-bond donors (Lipinski definition) is 1. The fraction of sp³-hybridized carbons (Fsp3) is 0.333. The minimum absolute atomic E-state index is 0.0693. The summed E-state index contributed by atoms with van der Waals surface area (Å²) >= 11 is 0. The molecule has 2 saturated heterocycles. The van der Waals surface area contributed by atoms with Crippen LogP contribution in [0.25, 0.3) is 0 Å². The summed E-state index contributed by atoms with van der Waals surface area (Å²) in [6, 6.07) is 9.96.